The predicted molar refractivity (Wildman–Crippen MR) is 122 cm³/mol. The van der Waals surface area contributed by atoms with Crippen molar-refractivity contribution in [2.75, 3.05) is 15.9 Å². The van der Waals surface area contributed by atoms with E-state index in [9.17, 15) is 17.6 Å². The van der Waals surface area contributed by atoms with Crippen molar-refractivity contribution >= 4 is 27.3 Å². The third-order valence-electron chi connectivity index (χ3n) is 4.89. The van der Waals surface area contributed by atoms with Gasteiger partial charge in [0.1, 0.15) is 5.82 Å². The highest BCUT2D eigenvalue weighted by atomic mass is 32.2. The van der Waals surface area contributed by atoms with Crippen LogP contribution >= 0.6 is 0 Å². The fourth-order valence-electron chi connectivity index (χ4n) is 3.24. The number of amides is 1. The molecular formula is C24H25FN2O3S. The van der Waals surface area contributed by atoms with Gasteiger partial charge in [-0.15, -0.1) is 0 Å². The van der Waals surface area contributed by atoms with Gasteiger partial charge in [-0.3, -0.25) is 9.10 Å². The van der Waals surface area contributed by atoms with E-state index in [2.05, 4.69) is 19.2 Å². The Bertz CT molecular complexity index is 1160. The lowest BCUT2D eigenvalue weighted by atomic mass is 10.0. The van der Waals surface area contributed by atoms with Gasteiger partial charge in [-0.1, -0.05) is 44.2 Å². The molecule has 0 aliphatic rings. The minimum absolute atomic E-state index is 0.0619. The topological polar surface area (TPSA) is 66.5 Å². The number of sulfonamides is 1. The fraction of sp³-hybridized carbons (Fsp3) is 0.208. The van der Waals surface area contributed by atoms with E-state index in [0.29, 0.717) is 16.8 Å². The number of carbonyl (C=O) groups is 1. The molecule has 0 saturated heterocycles. The molecule has 0 aliphatic heterocycles. The van der Waals surface area contributed by atoms with Crippen molar-refractivity contribution in [2.45, 2.75) is 26.3 Å². The lowest BCUT2D eigenvalue weighted by Gasteiger charge is -2.23. The van der Waals surface area contributed by atoms with Crippen molar-refractivity contribution < 1.29 is 17.6 Å². The molecule has 0 unspecified atom stereocenters. The fourth-order valence-corrected chi connectivity index (χ4v) is 4.13. The van der Waals surface area contributed by atoms with Crippen LogP contribution in [0.5, 0.6) is 0 Å². The number of halogens is 1. The highest BCUT2D eigenvalue weighted by Crippen LogP contribution is 2.25. The third kappa shape index (κ3) is 5.70. The average molecular weight is 441 g/mol. The minimum atomic E-state index is -3.58. The molecule has 3 aromatic rings. The second kappa shape index (κ2) is 9.31. The molecule has 31 heavy (non-hydrogen) atoms. The van der Waals surface area contributed by atoms with Crippen LogP contribution in [-0.2, 0) is 16.6 Å². The zero-order chi connectivity index (χ0) is 22.6. The van der Waals surface area contributed by atoms with E-state index in [1.54, 1.807) is 36.4 Å². The summed E-state index contributed by atoms with van der Waals surface area (Å²) in [6.07, 6.45) is 1.11. The first-order chi connectivity index (χ1) is 14.6. The second-order valence-electron chi connectivity index (χ2n) is 7.64. The second-order valence-corrected chi connectivity index (χ2v) is 9.55. The van der Waals surface area contributed by atoms with Crippen LogP contribution in [0.3, 0.4) is 0 Å². The van der Waals surface area contributed by atoms with Gasteiger partial charge >= 0.3 is 0 Å². The van der Waals surface area contributed by atoms with Crippen LogP contribution in [0.2, 0.25) is 0 Å². The summed E-state index contributed by atoms with van der Waals surface area (Å²) in [6.45, 7) is 4.17. The molecule has 0 bridgehead atoms. The molecule has 3 aromatic carbocycles. The molecule has 1 N–H and O–H groups in total. The third-order valence-corrected chi connectivity index (χ3v) is 6.03. The molecule has 0 fully saturated rings. The maximum absolute atomic E-state index is 13.2. The van der Waals surface area contributed by atoms with E-state index in [-0.39, 0.29) is 24.2 Å². The van der Waals surface area contributed by atoms with Gasteiger partial charge in [0, 0.05) is 11.3 Å². The van der Waals surface area contributed by atoms with E-state index in [4.69, 9.17) is 0 Å². The minimum Gasteiger partial charge on any atom is -0.322 e. The van der Waals surface area contributed by atoms with Crippen LogP contribution in [0, 0.1) is 5.82 Å². The van der Waals surface area contributed by atoms with Crippen LogP contribution in [-0.4, -0.2) is 20.6 Å². The van der Waals surface area contributed by atoms with Crippen molar-refractivity contribution in [2.24, 2.45) is 0 Å². The number of anilines is 2. The summed E-state index contributed by atoms with van der Waals surface area (Å²) in [4.78, 5) is 12.7. The molecule has 0 radical (unpaired) electrons. The first kappa shape index (κ1) is 22.5. The lowest BCUT2D eigenvalue weighted by Crippen LogP contribution is -2.29. The quantitative estimate of drug-likeness (QED) is 0.551. The van der Waals surface area contributed by atoms with Crippen LogP contribution in [0.4, 0.5) is 15.8 Å². The number of hydrogen-bond donors (Lipinski definition) is 1. The Labute approximate surface area is 182 Å². The Morgan fingerprint density at radius 3 is 2.16 bits per heavy atom. The summed E-state index contributed by atoms with van der Waals surface area (Å²) in [6, 6.07) is 19.7. The van der Waals surface area contributed by atoms with Gasteiger partial charge in [-0.2, -0.15) is 0 Å². The van der Waals surface area contributed by atoms with Gasteiger partial charge in [-0.25, -0.2) is 12.8 Å². The van der Waals surface area contributed by atoms with E-state index >= 15 is 0 Å². The maximum Gasteiger partial charge on any atom is 0.255 e. The Morgan fingerprint density at radius 2 is 1.58 bits per heavy atom. The summed E-state index contributed by atoms with van der Waals surface area (Å²) >= 11 is 0. The molecule has 0 atom stereocenters. The van der Waals surface area contributed by atoms with Crippen LogP contribution < -0.4 is 9.62 Å². The van der Waals surface area contributed by atoms with Gasteiger partial charge in [0.15, 0.2) is 0 Å². The van der Waals surface area contributed by atoms with Gasteiger partial charge in [0.2, 0.25) is 10.0 Å². The predicted octanol–water partition coefficient (Wildman–Crippen LogP) is 5.17. The van der Waals surface area contributed by atoms with Gasteiger partial charge < -0.3 is 5.32 Å². The zero-order valence-electron chi connectivity index (χ0n) is 17.7. The monoisotopic (exact) mass is 440 g/mol. The van der Waals surface area contributed by atoms with Crippen molar-refractivity contribution in [3.05, 3.63) is 95.3 Å². The van der Waals surface area contributed by atoms with E-state index in [1.165, 1.54) is 16.4 Å². The summed E-state index contributed by atoms with van der Waals surface area (Å²) in [5, 5.41) is 2.93. The number of hydrogen-bond acceptors (Lipinski definition) is 3. The van der Waals surface area contributed by atoms with Crippen molar-refractivity contribution in [1.29, 1.82) is 0 Å². The Morgan fingerprint density at radius 1 is 0.968 bits per heavy atom. The SMILES string of the molecule is CC(C)c1ccccc1NC(=O)c1ccc(N(Cc2ccc(F)cc2)S(C)(=O)=O)cc1. The number of nitrogens with zero attached hydrogens (tertiary/aromatic N) is 1. The van der Waals surface area contributed by atoms with Gasteiger partial charge in [0.05, 0.1) is 18.5 Å². The number of nitrogens with one attached hydrogen (secondary N) is 1. The first-order valence-electron chi connectivity index (χ1n) is 9.87. The lowest BCUT2D eigenvalue weighted by molar-refractivity contribution is 0.102. The normalized spacial score (nSPS) is 11.4. The Balaban J connectivity index is 1.81. The molecule has 3 rings (SSSR count). The largest absolute Gasteiger partial charge is 0.322 e. The first-order valence-corrected chi connectivity index (χ1v) is 11.7. The van der Waals surface area contributed by atoms with Crippen molar-refractivity contribution in [1.82, 2.24) is 0 Å². The molecule has 7 heteroatoms. The van der Waals surface area contributed by atoms with Crippen molar-refractivity contribution in [3.8, 4) is 0 Å². The van der Waals surface area contributed by atoms with Crippen LogP contribution in [0.1, 0.15) is 41.3 Å². The highest BCUT2D eigenvalue weighted by molar-refractivity contribution is 7.92. The van der Waals surface area contributed by atoms with Gasteiger partial charge in [0.25, 0.3) is 5.91 Å². The molecule has 0 spiro atoms. The molecule has 1 amide bonds. The number of rotatable bonds is 7. The zero-order valence-corrected chi connectivity index (χ0v) is 18.5. The summed E-state index contributed by atoms with van der Waals surface area (Å²) < 4.78 is 39.0. The van der Waals surface area contributed by atoms with Crippen LogP contribution in [0.15, 0.2) is 72.8 Å². The molecular weight excluding hydrogens is 415 g/mol. The van der Waals surface area contributed by atoms with E-state index in [0.717, 1.165) is 17.5 Å². The van der Waals surface area contributed by atoms with E-state index in [1.807, 2.05) is 24.3 Å². The Kier molecular flexibility index (Phi) is 6.75. The van der Waals surface area contributed by atoms with Crippen LogP contribution in [0.25, 0.3) is 0 Å². The van der Waals surface area contributed by atoms with Crippen molar-refractivity contribution in [3.63, 3.8) is 0 Å². The molecule has 0 saturated carbocycles. The summed E-state index contributed by atoms with van der Waals surface area (Å²) in [5.74, 6) is -0.401. The summed E-state index contributed by atoms with van der Waals surface area (Å²) in [7, 11) is -3.58. The van der Waals surface area contributed by atoms with E-state index < -0.39 is 10.0 Å². The standard InChI is InChI=1S/C24H25FN2O3S/c1-17(2)22-6-4-5-7-23(22)26-24(28)19-10-14-21(15-11-19)27(31(3,29)30)16-18-8-12-20(25)13-9-18/h4-15,17H,16H2,1-3H3,(H,26,28). The molecule has 0 aromatic heterocycles. The molecule has 5 nitrogen and oxygen atoms in total. The maximum atomic E-state index is 13.2. The smallest absolute Gasteiger partial charge is 0.255 e. The Hall–Kier alpha value is -3.19. The highest BCUT2D eigenvalue weighted by Gasteiger charge is 2.19. The molecule has 162 valence electrons. The average Bonchev–Trinajstić information content (AvgIpc) is 2.73. The number of benzene rings is 3. The summed E-state index contributed by atoms with van der Waals surface area (Å²) in [5.41, 5.74) is 3.28. The number of para-hydroxylation sites is 1. The van der Waals surface area contributed by atoms with Gasteiger partial charge in [-0.05, 0) is 59.5 Å². The molecule has 0 heterocycles. The molecule has 0 aliphatic carbocycles. The number of carbonyl (C=O) groups excluding carboxylic acids is 1.